The molecule has 0 spiro atoms. The van der Waals surface area contributed by atoms with Crippen molar-refractivity contribution in [1.29, 1.82) is 0 Å². The quantitative estimate of drug-likeness (QED) is 0.793. The molecule has 2 aromatic rings. The lowest BCUT2D eigenvalue weighted by Gasteiger charge is -2.18. The maximum absolute atomic E-state index is 12.2. The van der Waals surface area contributed by atoms with Crippen LogP contribution in [0.4, 0.5) is 0 Å². The Morgan fingerprint density at radius 1 is 1.46 bits per heavy atom. The average Bonchev–Trinajstić information content (AvgIpc) is 3.18. The topological polar surface area (TPSA) is 95.7 Å². The van der Waals surface area contributed by atoms with Crippen LogP contribution in [0.1, 0.15) is 17.7 Å². The van der Waals surface area contributed by atoms with E-state index in [0.717, 1.165) is 22.4 Å². The van der Waals surface area contributed by atoms with Crippen molar-refractivity contribution >= 4 is 12.3 Å². The van der Waals surface area contributed by atoms with Gasteiger partial charge in [-0.05, 0) is 18.1 Å². The van der Waals surface area contributed by atoms with Crippen LogP contribution in [0.3, 0.4) is 0 Å². The molecule has 2 atom stereocenters. The fourth-order valence-corrected chi connectivity index (χ4v) is 2.89. The van der Waals surface area contributed by atoms with Gasteiger partial charge in [0.25, 0.3) is 0 Å². The Bertz CT molecular complexity index is 726. The summed E-state index contributed by atoms with van der Waals surface area (Å²) in [5, 5.41) is 16.2. The van der Waals surface area contributed by atoms with Gasteiger partial charge in [0.15, 0.2) is 0 Å². The first kappa shape index (κ1) is 16.2. The van der Waals surface area contributed by atoms with Gasteiger partial charge in [-0.3, -0.25) is 9.59 Å². The highest BCUT2D eigenvalue weighted by molar-refractivity contribution is 5.84. The lowest BCUT2D eigenvalue weighted by molar-refractivity contribution is -0.131. The minimum atomic E-state index is -0.642. The van der Waals surface area contributed by atoms with E-state index in [1.165, 1.54) is 4.90 Å². The highest BCUT2D eigenvalue weighted by Crippen LogP contribution is 2.22. The third-order valence-electron chi connectivity index (χ3n) is 4.24. The van der Waals surface area contributed by atoms with Gasteiger partial charge < -0.3 is 19.8 Å². The highest BCUT2D eigenvalue weighted by atomic mass is 16.5. The number of rotatable bonds is 5. The maximum Gasteiger partial charge on any atom is 0.243 e. The monoisotopic (exact) mass is 329 g/mol. The standard InChI is InChI=1S/C17H19N3O4/c1-11-15(9-24-19-11)13-4-2-12(3-5-13)7-18-17(23)16-6-14(22)8-20(16)10-21/h2-5,9-10,14,16,22H,6-8H2,1H3,(H,18,23). The molecule has 0 aliphatic carbocycles. The summed E-state index contributed by atoms with van der Waals surface area (Å²) in [4.78, 5) is 24.5. The van der Waals surface area contributed by atoms with Crippen molar-refractivity contribution in [3.8, 4) is 11.1 Å². The Balaban J connectivity index is 1.60. The van der Waals surface area contributed by atoms with Crippen LogP contribution in [0.2, 0.25) is 0 Å². The van der Waals surface area contributed by atoms with Gasteiger partial charge in [0.05, 0.1) is 11.8 Å². The Kier molecular flexibility index (Phi) is 4.61. The number of amides is 2. The summed E-state index contributed by atoms with van der Waals surface area (Å²) >= 11 is 0. The number of hydrogen-bond donors (Lipinski definition) is 2. The Morgan fingerprint density at radius 3 is 2.83 bits per heavy atom. The van der Waals surface area contributed by atoms with Crippen LogP contribution in [0.15, 0.2) is 35.1 Å². The van der Waals surface area contributed by atoms with Crippen molar-refractivity contribution in [1.82, 2.24) is 15.4 Å². The largest absolute Gasteiger partial charge is 0.391 e. The van der Waals surface area contributed by atoms with E-state index in [2.05, 4.69) is 10.5 Å². The fraction of sp³-hybridized carbons (Fsp3) is 0.353. The van der Waals surface area contributed by atoms with E-state index >= 15 is 0 Å². The van der Waals surface area contributed by atoms with Crippen LogP contribution >= 0.6 is 0 Å². The van der Waals surface area contributed by atoms with E-state index in [1.807, 2.05) is 31.2 Å². The summed E-state index contributed by atoms with van der Waals surface area (Å²) < 4.78 is 4.93. The molecule has 2 heterocycles. The third kappa shape index (κ3) is 3.30. The number of nitrogens with one attached hydrogen (secondary N) is 1. The van der Waals surface area contributed by atoms with Crippen molar-refractivity contribution in [3.63, 3.8) is 0 Å². The number of hydrogen-bond acceptors (Lipinski definition) is 5. The van der Waals surface area contributed by atoms with E-state index < -0.39 is 12.1 Å². The molecular formula is C17H19N3O4. The summed E-state index contributed by atoms with van der Waals surface area (Å²) in [6, 6.07) is 7.12. The van der Waals surface area contributed by atoms with Crippen molar-refractivity contribution < 1.29 is 19.2 Å². The number of aliphatic hydroxyl groups is 1. The van der Waals surface area contributed by atoms with Crippen LogP contribution in [-0.2, 0) is 16.1 Å². The van der Waals surface area contributed by atoms with Gasteiger partial charge in [0.1, 0.15) is 12.3 Å². The van der Waals surface area contributed by atoms with Gasteiger partial charge in [0, 0.05) is 25.1 Å². The molecule has 7 heteroatoms. The smallest absolute Gasteiger partial charge is 0.243 e. The lowest BCUT2D eigenvalue weighted by Crippen LogP contribution is -2.42. The first-order valence-corrected chi connectivity index (χ1v) is 7.75. The van der Waals surface area contributed by atoms with Crippen molar-refractivity contribution in [2.24, 2.45) is 0 Å². The molecule has 1 fully saturated rings. The van der Waals surface area contributed by atoms with Crippen molar-refractivity contribution in [2.75, 3.05) is 6.54 Å². The molecule has 1 aromatic carbocycles. The minimum Gasteiger partial charge on any atom is -0.391 e. The number of β-amino-alcohol motifs (C(OH)–C–C–N with tert-alkyl or cyclic N) is 1. The number of aliphatic hydroxyl groups excluding tert-OH is 1. The van der Waals surface area contributed by atoms with Gasteiger partial charge in [-0.1, -0.05) is 29.4 Å². The first-order chi connectivity index (χ1) is 11.6. The van der Waals surface area contributed by atoms with E-state index in [4.69, 9.17) is 4.52 Å². The van der Waals surface area contributed by atoms with Gasteiger partial charge >= 0.3 is 0 Å². The van der Waals surface area contributed by atoms with Crippen molar-refractivity contribution in [2.45, 2.75) is 32.0 Å². The average molecular weight is 329 g/mol. The molecule has 1 aliphatic rings. The van der Waals surface area contributed by atoms with E-state index in [1.54, 1.807) is 6.26 Å². The van der Waals surface area contributed by atoms with Crippen LogP contribution in [0.5, 0.6) is 0 Å². The molecule has 126 valence electrons. The molecule has 2 amide bonds. The SMILES string of the molecule is Cc1nocc1-c1ccc(CNC(=O)C2CC(O)CN2C=O)cc1. The molecule has 2 unspecified atom stereocenters. The van der Waals surface area contributed by atoms with Gasteiger partial charge in [-0.25, -0.2) is 0 Å². The second-order valence-corrected chi connectivity index (χ2v) is 5.94. The summed E-state index contributed by atoms with van der Waals surface area (Å²) in [7, 11) is 0. The van der Waals surface area contributed by atoms with Crippen LogP contribution in [0.25, 0.3) is 11.1 Å². The molecular weight excluding hydrogens is 310 g/mol. The summed E-state index contributed by atoms with van der Waals surface area (Å²) in [6.45, 7) is 2.44. The molecule has 3 rings (SSSR count). The summed E-state index contributed by atoms with van der Waals surface area (Å²) in [5.74, 6) is -0.252. The fourth-order valence-electron chi connectivity index (χ4n) is 2.89. The second kappa shape index (κ2) is 6.84. The van der Waals surface area contributed by atoms with Crippen LogP contribution in [0, 0.1) is 6.92 Å². The predicted molar refractivity (Wildman–Crippen MR) is 85.7 cm³/mol. The molecule has 0 saturated carbocycles. The van der Waals surface area contributed by atoms with Gasteiger partial charge in [-0.2, -0.15) is 0 Å². The number of benzene rings is 1. The Morgan fingerprint density at radius 2 is 2.21 bits per heavy atom. The number of carbonyl (C=O) groups is 2. The van der Waals surface area contributed by atoms with E-state index in [9.17, 15) is 14.7 Å². The molecule has 0 radical (unpaired) electrons. The number of nitrogens with zero attached hydrogens (tertiary/aromatic N) is 2. The summed E-state index contributed by atoms with van der Waals surface area (Å²) in [5.41, 5.74) is 3.70. The predicted octanol–water partition coefficient (Wildman–Crippen LogP) is 0.858. The maximum atomic E-state index is 12.2. The number of likely N-dealkylation sites (tertiary alicyclic amines) is 1. The second-order valence-electron chi connectivity index (χ2n) is 5.94. The number of aromatic nitrogens is 1. The lowest BCUT2D eigenvalue weighted by atomic mass is 10.0. The number of aryl methyl sites for hydroxylation is 1. The first-order valence-electron chi connectivity index (χ1n) is 7.75. The van der Waals surface area contributed by atoms with Gasteiger partial charge in [0.2, 0.25) is 12.3 Å². The Hall–Kier alpha value is -2.67. The Labute approximate surface area is 139 Å². The third-order valence-corrected chi connectivity index (χ3v) is 4.24. The normalized spacial score (nSPS) is 20.2. The summed E-state index contributed by atoms with van der Waals surface area (Å²) in [6.07, 6.45) is 1.84. The molecule has 0 bridgehead atoms. The van der Waals surface area contributed by atoms with E-state index in [-0.39, 0.29) is 18.9 Å². The van der Waals surface area contributed by atoms with E-state index in [0.29, 0.717) is 13.0 Å². The number of carbonyl (C=O) groups excluding carboxylic acids is 2. The zero-order chi connectivity index (χ0) is 17.1. The molecule has 1 aromatic heterocycles. The zero-order valence-electron chi connectivity index (χ0n) is 13.3. The van der Waals surface area contributed by atoms with Crippen LogP contribution in [-0.4, -0.2) is 46.2 Å². The zero-order valence-corrected chi connectivity index (χ0v) is 13.3. The minimum absolute atomic E-state index is 0.203. The molecule has 1 aliphatic heterocycles. The molecule has 24 heavy (non-hydrogen) atoms. The van der Waals surface area contributed by atoms with Crippen LogP contribution < -0.4 is 5.32 Å². The molecule has 7 nitrogen and oxygen atoms in total. The molecule has 2 N–H and O–H groups in total. The highest BCUT2D eigenvalue weighted by Gasteiger charge is 2.34. The van der Waals surface area contributed by atoms with Gasteiger partial charge in [-0.15, -0.1) is 0 Å². The molecule has 1 saturated heterocycles. The van der Waals surface area contributed by atoms with Crippen molar-refractivity contribution in [3.05, 3.63) is 41.8 Å².